The van der Waals surface area contributed by atoms with Crippen molar-refractivity contribution in [2.24, 2.45) is 11.8 Å². The number of thiophene rings is 1. The van der Waals surface area contributed by atoms with Crippen molar-refractivity contribution in [3.8, 4) is 6.07 Å². The number of hydrogen-bond acceptors (Lipinski definition) is 6. The second-order valence-electron chi connectivity index (χ2n) is 8.11. The van der Waals surface area contributed by atoms with Gasteiger partial charge in [-0.05, 0) is 29.6 Å². The van der Waals surface area contributed by atoms with Crippen LogP contribution in [0, 0.1) is 23.2 Å². The van der Waals surface area contributed by atoms with E-state index in [0.29, 0.717) is 36.5 Å². The van der Waals surface area contributed by atoms with E-state index in [4.69, 9.17) is 9.84 Å². The van der Waals surface area contributed by atoms with Crippen LogP contribution in [0.1, 0.15) is 42.7 Å². The molecule has 1 aliphatic heterocycles. The fourth-order valence-corrected chi connectivity index (χ4v) is 5.32. The quantitative estimate of drug-likeness (QED) is 0.655. The molecule has 0 saturated heterocycles. The molecular formula is C24H29N3O4S. The molecule has 2 aliphatic rings. The van der Waals surface area contributed by atoms with Crippen molar-refractivity contribution in [1.29, 1.82) is 5.26 Å². The van der Waals surface area contributed by atoms with Crippen LogP contribution >= 0.6 is 11.3 Å². The monoisotopic (exact) mass is 455 g/mol. The van der Waals surface area contributed by atoms with Gasteiger partial charge in [0.2, 0.25) is 11.8 Å². The molecule has 0 saturated carbocycles. The molecule has 2 heterocycles. The lowest BCUT2D eigenvalue weighted by Crippen LogP contribution is -2.35. The zero-order chi connectivity index (χ0) is 23.3. The molecule has 0 bridgehead atoms. The summed E-state index contributed by atoms with van der Waals surface area (Å²) in [6.07, 6.45) is 8.97. The summed E-state index contributed by atoms with van der Waals surface area (Å²) in [5.74, 6) is 0.800. The van der Waals surface area contributed by atoms with Crippen LogP contribution in [-0.4, -0.2) is 42.1 Å². The molecule has 1 aliphatic carbocycles. The number of amides is 2. The Kier molecular flexibility index (Phi) is 7.89. The average molecular weight is 456 g/mol. The number of aliphatic hydroxyl groups excluding tert-OH is 1. The summed E-state index contributed by atoms with van der Waals surface area (Å²) in [7, 11) is 1.66. The second-order valence-corrected chi connectivity index (χ2v) is 9.21. The third-order valence-electron chi connectivity index (χ3n) is 5.80. The van der Waals surface area contributed by atoms with Crippen LogP contribution < -0.4 is 5.32 Å². The Morgan fingerprint density at radius 2 is 2.28 bits per heavy atom. The maximum absolute atomic E-state index is 12.7. The number of aliphatic hydroxyl groups is 1. The summed E-state index contributed by atoms with van der Waals surface area (Å²) in [6.45, 7) is 4.81. The molecule has 170 valence electrons. The van der Waals surface area contributed by atoms with Gasteiger partial charge in [-0.3, -0.25) is 9.59 Å². The predicted molar refractivity (Wildman–Crippen MR) is 124 cm³/mol. The molecule has 2 atom stereocenters. The molecule has 0 aromatic carbocycles. The van der Waals surface area contributed by atoms with Gasteiger partial charge in [-0.25, -0.2) is 0 Å². The van der Waals surface area contributed by atoms with Gasteiger partial charge in [-0.1, -0.05) is 32.1 Å². The highest BCUT2D eigenvalue weighted by Gasteiger charge is 2.27. The first-order valence-electron chi connectivity index (χ1n) is 10.7. The van der Waals surface area contributed by atoms with Gasteiger partial charge in [0.25, 0.3) is 0 Å². The SMILES string of the molecule is COC1=CC=C/C(=C\C(C)CC(=O)Nc2sc3c(c2C#N)CCN(C(=O)CCO)C3)[C@@H]1C. The van der Waals surface area contributed by atoms with E-state index >= 15 is 0 Å². The molecule has 0 fully saturated rings. The summed E-state index contributed by atoms with van der Waals surface area (Å²) in [5.41, 5.74) is 2.52. The average Bonchev–Trinajstić information content (AvgIpc) is 3.11. The fraction of sp³-hybridized carbons (Fsp3) is 0.458. The van der Waals surface area contributed by atoms with E-state index < -0.39 is 0 Å². The lowest BCUT2D eigenvalue weighted by molar-refractivity contribution is -0.132. The van der Waals surface area contributed by atoms with Gasteiger partial charge in [-0.15, -0.1) is 11.3 Å². The van der Waals surface area contributed by atoms with Crippen LogP contribution in [0.15, 0.2) is 35.6 Å². The third-order valence-corrected chi connectivity index (χ3v) is 6.93. The highest BCUT2D eigenvalue weighted by molar-refractivity contribution is 7.16. The molecule has 7 nitrogen and oxygen atoms in total. The lowest BCUT2D eigenvalue weighted by atomic mass is 9.90. The van der Waals surface area contributed by atoms with E-state index in [0.717, 1.165) is 21.8 Å². The number of carbonyl (C=O) groups excluding carboxylic acids is 2. The molecule has 1 aromatic rings. The number of nitrogens with zero attached hydrogens (tertiary/aromatic N) is 2. The van der Waals surface area contributed by atoms with E-state index in [9.17, 15) is 14.9 Å². The zero-order valence-corrected chi connectivity index (χ0v) is 19.5. The van der Waals surface area contributed by atoms with E-state index in [-0.39, 0.29) is 36.7 Å². The summed E-state index contributed by atoms with van der Waals surface area (Å²) in [6, 6.07) is 2.23. The van der Waals surface area contributed by atoms with Crippen LogP contribution in [0.3, 0.4) is 0 Å². The molecule has 3 rings (SSSR count). The molecule has 1 unspecified atom stereocenters. The topological polar surface area (TPSA) is 103 Å². The number of methoxy groups -OCH3 is 1. The smallest absolute Gasteiger partial charge is 0.225 e. The maximum Gasteiger partial charge on any atom is 0.225 e. The molecule has 0 radical (unpaired) electrons. The minimum atomic E-state index is -0.177. The Morgan fingerprint density at radius 1 is 1.50 bits per heavy atom. The number of rotatable bonds is 7. The number of anilines is 1. The Morgan fingerprint density at radius 3 is 2.97 bits per heavy atom. The van der Waals surface area contributed by atoms with Crippen LogP contribution in [0.25, 0.3) is 0 Å². The normalized spacial score (nSPS) is 19.7. The van der Waals surface area contributed by atoms with Crippen molar-refractivity contribution in [2.45, 2.75) is 39.7 Å². The number of allylic oxidation sites excluding steroid dienone is 5. The van der Waals surface area contributed by atoms with Crippen molar-refractivity contribution in [3.05, 3.63) is 51.6 Å². The number of hydrogen-bond donors (Lipinski definition) is 2. The number of fused-ring (bicyclic) bond motifs is 1. The molecular weight excluding hydrogens is 426 g/mol. The predicted octanol–water partition coefficient (Wildman–Crippen LogP) is 3.51. The van der Waals surface area contributed by atoms with E-state index in [2.05, 4.69) is 24.4 Å². The van der Waals surface area contributed by atoms with Gasteiger partial charge in [0.1, 0.15) is 16.8 Å². The first-order chi connectivity index (χ1) is 15.4. The summed E-state index contributed by atoms with van der Waals surface area (Å²) < 4.78 is 5.40. The maximum atomic E-state index is 12.7. The summed E-state index contributed by atoms with van der Waals surface area (Å²) >= 11 is 1.36. The van der Waals surface area contributed by atoms with Gasteiger partial charge in [0.05, 0.1) is 25.8 Å². The number of nitriles is 1. The lowest BCUT2D eigenvalue weighted by Gasteiger charge is -2.26. The molecule has 8 heteroatoms. The minimum absolute atomic E-state index is 0.0139. The van der Waals surface area contributed by atoms with Crippen molar-refractivity contribution in [3.63, 3.8) is 0 Å². The van der Waals surface area contributed by atoms with E-state index in [1.807, 2.05) is 25.2 Å². The van der Waals surface area contributed by atoms with Crippen LogP contribution in [0.5, 0.6) is 0 Å². The van der Waals surface area contributed by atoms with Gasteiger partial charge in [0, 0.05) is 30.2 Å². The van der Waals surface area contributed by atoms with Crippen molar-refractivity contribution in [2.75, 3.05) is 25.6 Å². The highest BCUT2D eigenvalue weighted by atomic mass is 32.1. The van der Waals surface area contributed by atoms with E-state index in [1.54, 1.807) is 12.0 Å². The standard InChI is InChI=1S/C24H29N3O4S/c1-15(11-17-5-4-6-20(31-3)16(17)2)12-22(29)26-24-19(13-25)18-7-9-27(14-21(18)32-24)23(30)8-10-28/h4-6,11,15-16,28H,7-10,12,14H2,1-3H3,(H,26,29)/b17-11+/t15?,16-/m0/s1. The number of ether oxygens (including phenoxy) is 1. The third kappa shape index (κ3) is 5.29. The first kappa shape index (κ1) is 23.8. The highest BCUT2D eigenvalue weighted by Crippen LogP contribution is 2.37. The molecule has 2 N–H and O–H groups in total. The van der Waals surface area contributed by atoms with Gasteiger partial charge in [0.15, 0.2) is 0 Å². The van der Waals surface area contributed by atoms with Gasteiger partial charge in [-0.2, -0.15) is 5.26 Å². The first-order valence-corrected chi connectivity index (χ1v) is 11.6. The Hall–Kier alpha value is -2.89. The molecule has 2 amide bonds. The summed E-state index contributed by atoms with van der Waals surface area (Å²) in [4.78, 5) is 27.4. The van der Waals surface area contributed by atoms with Crippen molar-refractivity contribution in [1.82, 2.24) is 4.90 Å². The van der Waals surface area contributed by atoms with Crippen LogP contribution in [0.4, 0.5) is 5.00 Å². The van der Waals surface area contributed by atoms with E-state index in [1.165, 1.54) is 11.3 Å². The molecule has 1 aromatic heterocycles. The minimum Gasteiger partial charge on any atom is -0.500 e. The largest absolute Gasteiger partial charge is 0.500 e. The Balaban J connectivity index is 1.66. The zero-order valence-electron chi connectivity index (χ0n) is 18.7. The fourth-order valence-electron chi connectivity index (χ4n) is 4.09. The van der Waals surface area contributed by atoms with Crippen LogP contribution in [-0.2, 0) is 27.3 Å². The van der Waals surface area contributed by atoms with Gasteiger partial charge < -0.3 is 20.1 Å². The second kappa shape index (κ2) is 10.6. The number of nitrogens with one attached hydrogen (secondary N) is 1. The molecule has 32 heavy (non-hydrogen) atoms. The summed E-state index contributed by atoms with van der Waals surface area (Å²) in [5, 5.41) is 22.1. The van der Waals surface area contributed by atoms with Crippen LogP contribution in [0.2, 0.25) is 0 Å². The Bertz CT molecular complexity index is 1020. The molecule has 0 spiro atoms. The number of carbonyl (C=O) groups is 2. The van der Waals surface area contributed by atoms with Crippen molar-refractivity contribution >= 4 is 28.2 Å². The Labute approximate surface area is 192 Å². The van der Waals surface area contributed by atoms with Crippen molar-refractivity contribution < 1.29 is 19.4 Å². The van der Waals surface area contributed by atoms with Gasteiger partial charge >= 0.3 is 0 Å².